The van der Waals surface area contributed by atoms with Gasteiger partial charge in [0, 0.05) is 6.61 Å². The van der Waals surface area contributed by atoms with E-state index in [0.29, 0.717) is 6.61 Å². The molecule has 14 heavy (non-hydrogen) atoms. The van der Waals surface area contributed by atoms with Crippen molar-refractivity contribution in [1.82, 2.24) is 0 Å². The van der Waals surface area contributed by atoms with Crippen molar-refractivity contribution < 1.29 is 9.16 Å². The van der Waals surface area contributed by atoms with E-state index < -0.39 is 15.7 Å². The van der Waals surface area contributed by atoms with Crippen LogP contribution in [0, 0.1) is 0 Å². The van der Waals surface area contributed by atoms with Crippen molar-refractivity contribution in [2.24, 2.45) is 0 Å². The van der Waals surface area contributed by atoms with Crippen molar-refractivity contribution in [3.05, 3.63) is 0 Å². The number of halogens is 1. The van der Waals surface area contributed by atoms with Gasteiger partial charge in [-0.25, -0.2) is 0 Å². The summed E-state index contributed by atoms with van der Waals surface area (Å²) in [5.41, 5.74) is 0. The minimum atomic E-state index is -1.44. The molecular formula is C9H23ClO2Si2. The number of hydrogen-bond acceptors (Lipinski definition) is 2. The van der Waals surface area contributed by atoms with Crippen LogP contribution in [0.5, 0.6) is 0 Å². The van der Waals surface area contributed by atoms with E-state index in [1.807, 2.05) is 0 Å². The summed E-state index contributed by atoms with van der Waals surface area (Å²) < 4.78 is 11.1. The van der Waals surface area contributed by atoms with Gasteiger partial charge in [0.05, 0.1) is 13.2 Å². The highest BCUT2D eigenvalue weighted by atomic mass is 35.6. The highest BCUT2D eigenvalue weighted by Crippen LogP contribution is 2.13. The lowest BCUT2D eigenvalue weighted by Crippen LogP contribution is -2.27. The van der Waals surface area contributed by atoms with Crippen LogP contribution in [-0.4, -0.2) is 35.5 Å². The fourth-order valence-corrected chi connectivity index (χ4v) is 2.38. The van der Waals surface area contributed by atoms with Gasteiger partial charge in [0.25, 0.3) is 0 Å². The first kappa shape index (κ1) is 14.6. The Kier molecular flexibility index (Phi) is 6.56. The Balaban J connectivity index is 3.23. The summed E-state index contributed by atoms with van der Waals surface area (Å²) in [6.07, 6.45) is 0. The van der Waals surface area contributed by atoms with Crippen LogP contribution in [0.4, 0.5) is 0 Å². The molecular weight excluding hydrogens is 232 g/mol. The zero-order chi connectivity index (χ0) is 11.2. The molecule has 0 aliphatic rings. The first-order valence-corrected chi connectivity index (χ1v) is 12.7. The van der Waals surface area contributed by atoms with Crippen molar-refractivity contribution in [3.63, 3.8) is 0 Å². The van der Waals surface area contributed by atoms with Gasteiger partial charge in [-0.05, 0) is 25.7 Å². The third kappa shape index (κ3) is 12.6. The van der Waals surface area contributed by atoms with E-state index in [0.717, 1.165) is 19.3 Å². The summed E-state index contributed by atoms with van der Waals surface area (Å²) in [5, 5.41) is 0. The lowest BCUT2D eigenvalue weighted by molar-refractivity contribution is 0.107. The summed E-state index contributed by atoms with van der Waals surface area (Å²) in [4.78, 5) is 0. The Hall–Kier alpha value is 0.644. The van der Waals surface area contributed by atoms with Gasteiger partial charge in [0.1, 0.15) is 0 Å². The predicted octanol–water partition coefficient (Wildman–Crippen LogP) is 3.30. The van der Waals surface area contributed by atoms with Crippen LogP contribution in [0.2, 0.25) is 38.8 Å². The molecule has 0 saturated carbocycles. The number of hydrogen-bond donors (Lipinski definition) is 0. The maximum absolute atomic E-state index is 6.15. The number of rotatable bonds is 7. The standard InChI is InChI=1S/C9H23ClO2Si2/c1-13(2,3)12-7-6-11-8-9-14(4,5)10/h6-9H2,1-5H3. The maximum Gasteiger partial charge on any atom is 0.183 e. The molecule has 0 amide bonds. The summed E-state index contributed by atoms with van der Waals surface area (Å²) >= 11 is 6.15. The van der Waals surface area contributed by atoms with E-state index in [2.05, 4.69) is 32.7 Å². The van der Waals surface area contributed by atoms with Crippen molar-refractivity contribution in [2.45, 2.75) is 38.8 Å². The van der Waals surface area contributed by atoms with Crippen LogP contribution in [0.15, 0.2) is 0 Å². The third-order valence-electron chi connectivity index (χ3n) is 1.60. The molecule has 0 aliphatic heterocycles. The monoisotopic (exact) mass is 254 g/mol. The van der Waals surface area contributed by atoms with E-state index in [1.54, 1.807) is 0 Å². The molecule has 0 spiro atoms. The van der Waals surface area contributed by atoms with Gasteiger partial charge in [-0.2, -0.15) is 11.1 Å². The molecule has 0 unspecified atom stereocenters. The average Bonchev–Trinajstić information content (AvgIpc) is 1.92. The van der Waals surface area contributed by atoms with Crippen LogP contribution in [0.25, 0.3) is 0 Å². The predicted molar refractivity (Wildman–Crippen MR) is 68.3 cm³/mol. The molecule has 0 atom stereocenters. The fraction of sp³-hybridized carbons (Fsp3) is 1.00. The second kappa shape index (κ2) is 6.28. The fourth-order valence-electron chi connectivity index (χ4n) is 0.824. The van der Waals surface area contributed by atoms with Gasteiger partial charge in [0.15, 0.2) is 15.7 Å². The van der Waals surface area contributed by atoms with Gasteiger partial charge < -0.3 is 9.16 Å². The van der Waals surface area contributed by atoms with E-state index in [1.165, 1.54) is 0 Å². The van der Waals surface area contributed by atoms with Crippen LogP contribution in [-0.2, 0) is 9.16 Å². The van der Waals surface area contributed by atoms with Crippen molar-refractivity contribution in [1.29, 1.82) is 0 Å². The Morgan fingerprint density at radius 3 is 1.93 bits per heavy atom. The highest BCUT2D eigenvalue weighted by molar-refractivity contribution is 7.19. The third-order valence-corrected chi connectivity index (χ3v) is 4.63. The summed E-state index contributed by atoms with van der Waals surface area (Å²) in [5.74, 6) is 0. The maximum atomic E-state index is 6.15. The van der Waals surface area contributed by atoms with E-state index in [-0.39, 0.29) is 0 Å². The minimum Gasteiger partial charge on any atom is -0.415 e. The van der Waals surface area contributed by atoms with Crippen molar-refractivity contribution in [2.75, 3.05) is 19.8 Å². The first-order valence-electron chi connectivity index (χ1n) is 5.11. The first-order chi connectivity index (χ1) is 6.21. The van der Waals surface area contributed by atoms with Crippen molar-refractivity contribution in [3.8, 4) is 0 Å². The largest absolute Gasteiger partial charge is 0.415 e. The quantitative estimate of drug-likeness (QED) is 0.394. The smallest absolute Gasteiger partial charge is 0.183 e. The van der Waals surface area contributed by atoms with E-state index in [9.17, 15) is 0 Å². The molecule has 2 nitrogen and oxygen atoms in total. The summed E-state index contributed by atoms with van der Waals surface area (Å²) in [6, 6.07) is 1.02. The molecule has 0 N–H and O–H groups in total. The Bertz CT molecular complexity index is 134. The van der Waals surface area contributed by atoms with Gasteiger partial charge in [0.2, 0.25) is 0 Å². The van der Waals surface area contributed by atoms with Crippen LogP contribution in [0.3, 0.4) is 0 Å². The van der Waals surface area contributed by atoms with E-state index >= 15 is 0 Å². The van der Waals surface area contributed by atoms with Gasteiger partial charge in [-0.3, -0.25) is 0 Å². The molecule has 0 radical (unpaired) electrons. The second-order valence-corrected chi connectivity index (χ2v) is 16.6. The van der Waals surface area contributed by atoms with E-state index in [4.69, 9.17) is 20.2 Å². The molecule has 0 saturated heterocycles. The van der Waals surface area contributed by atoms with Crippen molar-refractivity contribution >= 4 is 26.8 Å². The highest BCUT2D eigenvalue weighted by Gasteiger charge is 2.16. The van der Waals surface area contributed by atoms with Crippen LogP contribution >= 0.6 is 11.1 Å². The van der Waals surface area contributed by atoms with Crippen LogP contribution in [0.1, 0.15) is 0 Å². The second-order valence-electron chi connectivity index (χ2n) is 5.04. The summed E-state index contributed by atoms with van der Waals surface area (Å²) in [6.45, 7) is 13.0. The molecule has 0 fully saturated rings. The van der Waals surface area contributed by atoms with Gasteiger partial charge in [-0.1, -0.05) is 13.1 Å². The normalized spacial score (nSPS) is 13.3. The summed E-state index contributed by atoms with van der Waals surface area (Å²) in [7, 11) is -2.79. The average molecular weight is 255 g/mol. The van der Waals surface area contributed by atoms with Gasteiger partial charge >= 0.3 is 0 Å². The SMILES string of the molecule is C[Si](C)(Cl)CCOCCO[Si](C)(C)C. The molecule has 0 aromatic heterocycles. The Morgan fingerprint density at radius 2 is 1.50 bits per heavy atom. The molecule has 5 heteroatoms. The zero-order valence-electron chi connectivity index (χ0n) is 10.0. The number of ether oxygens (including phenoxy) is 1. The Labute approximate surface area is 94.8 Å². The van der Waals surface area contributed by atoms with Gasteiger partial charge in [-0.15, -0.1) is 0 Å². The topological polar surface area (TPSA) is 18.5 Å². The zero-order valence-corrected chi connectivity index (χ0v) is 12.8. The molecule has 0 aromatic carbocycles. The molecule has 0 aliphatic carbocycles. The van der Waals surface area contributed by atoms with Crippen LogP contribution < -0.4 is 0 Å². The molecule has 0 heterocycles. The minimum absolute atomic E-state index is 0.700. The molecule has 0 bridgehead atoms. The molecule has 0 aromatic rings. The molecule has 0 rings (SSSR count). The molecule has 86 valence electrons. The lowest BCUT2D eigenvalue weighted by atomic mass is 10.7. The lowest BCUT2D eigenvalue weighted by Gasteiger charge is -2.17. The Morgan fingerprint density at radius 1 is 0.929 bits per heavy atom.